The lowest BCUT2D eigenvalue weighted by Gasteiger charge is -2.19. The van der Waals surface area contributed by atoms with Crippen molar-refractivity contribution in [2.24, 2.45) is 16.1 Å². The minimum atomic E-state index is -1.34. The Morgan fingerprint density at radius 2 is 2.09 bits per heavy atom. The third-order valence-corrected chi connectivity index (χ3v) is 6.25. The third-order valence-electron chi connectivity index (χ3n) is 6.25. The number of carbonyl (C=O) groups is 1. The molecule has 5 rings (SSSR count). The Morgan fingerprint density at radius 1 is 1.31 bits per heavy atom. The van der Waals surface area contributed by atoms with E-state index in [1.165, 1.54) is 13.3 Å². The molecule has 1 N–H and O–H groups in total. The number of halogens is 1. The van der Waals surface area contributed by atoms with Gasteiger partial charge >= 0.3 is 5.97 Å². The zero-order valence-corrected chi connectivity index (χ0v) is 19.1. The van der Waals surface area contributed by atoms with Gasteiger partial charge in [0.25, 0.3) is 0 Å². The van der Waals surface area contributed by atoms with E-state index < -0.39 is 17.2 Å². The maximum atomic E-state index is 15.2. The number of pyridine rings is 2. The highest BCUT2D eigenvalue weighted by molar-refractivity contribution is 5.95. The van der Waals surface area contributed by atoms with E-state index in [4.69, 9.17) is 4.84 Å². The monoisotopic (exact) mass is 477 g/mol. The number of aliphatic imine (C=N–C) groups is 1. The van der Waals surface area contributed by atoms with Crippen LogP contribution in [0.4, 0.5) is 10.2 Å². The molecule has 2 aromatic heterocycles. The predicted octanol–water partition coefficient (Wildman–Crippen LogP) is 3.13. The van der Waals surface area contributed by atoms with Crippen LogP contribution in [0.25, 0.3) is 11.0 Å². The largest absolute Gasteiger partial charge is 0.477 e. The van der Waals surface area contributed by atoms with Crippen LogP contribution in [0.5, 0.6) is 0 Å². The lowest BCUT2D eigenvalue weighted by Crippen LogP contribution is -2.25. The van der Waals surface area contributed by atoms with Gasteiger partial charge in [0.2, 0.25) is 5.43 Å². The lowest BCUT2D eigenvalue weighted by molar-refractivity contribution is 0.0695. The second-order valence-electron chi connectivity index (χ2n) is 8.73. The summed E-state index contributed by atoms with van der Waals surface area (Å²) in [6.45, 7) is 1.16. The lowest BCUT2D eigenvalue weighted by atomic mass is 10.1. The standard InChI is InChI=1S/C25H24FN5O4/c1-35-29-21-14-30(12-16(21)11-27-10-15-5-3-2-4-6-15)24-20(26)9-18-22(32)19(25(33)34)13-31(17-7-8-17)23(18)28-24/h2-6,9-10,13,16-17H,7-8,11-12,14H2,1H3,(H,33,34)/b27-10+,29-21-. The molecule has 0 amide bonds. The van der Waals surface area contributed by atoms with E-state index in [1.54, 1.807) is 15.7 Å². The Morgan fingerprint density at radius 3 is 2.77 bits per heavy atom. The van der Waals surface area contributed by atoms with Crippen LogP contribution >= 0.6 is 0 Å². The van der Waals surface area contributed by atoms with Gasteiger partial charge in [0.1, 0.15) is 18.3 Å². The van der Waals surface area contributed by atoms with E-state index in [-0.39, 0.29) is 34.4 Å². The molecular formula is C25H24FN5O4. The topological polar surface area (TPSA) is 109 Å². The number of rotatable bonds is 7. The van der Waals surface area contributed by atoms with E-state index in [0.29, 0.717) is 19.6 Å². The first-order valence-corrected chi connectivity index (χ1v) is 11.3. The van der Waals surface area contributed by atoms with E-state index in [0.717, 1.165) is 30.2 Å². The van der Waals surface area contributed by atoms with Gasteiger partial charge in [-0.05, 0) is 24.5 Å². The molecule has 1 unspecified atom stereocenters. The van der Waals surface area contributed by atoms with Gasteiger partial charge in [-0.3, -0.25) is 9.79 Å². The molecule has 0 bridgehead atoms. The number of aromatic carboxylic acids is 1. The van der Waals surface area contributed by atoms with Gasteiger partial charge in [0.05, 0.1) is 17.6 Å². The molecule has 1 aliphatic carbocycles. The first kappa shape index (κ1) is 22.7. The average Bonchev–Trinajstić information content (AvgIpc) is 3.61. The second-order valence-corrected chi connectivity index (χ2v) is 8.73. The van der Waals surface area contributed by atoms with Crippen molar-refractivity contribution in [3.8, 4) is 0 Å². The molecule has 0 radical (unpaired) electrons. The van der Waals surface area contributed by atoms with Gasteiger partial charge < -0.3 is 19.4 Å². The van der Waals surface area contributed by atoms with Gasteiger partial charge in [-0.15, -0.1) is 0 Å². The summed E-state index contributed by atoms with van der Waals surface area (Å²) in [4.78, 5) is 40.1. The Balaban J connectivity index is 1.48. The number of anilines is 1. The van der Waals surface area contributed by atoms with Crippen LogP contribution in [0.15, 0.2) is 57.5 Å². The SMILES string of the molecule is CO/N=C1/CN(c2nc3c(cc2F)c(=O)c(C(=O)O)cn3C2CC2)CC1C/N=C/c1ccccc1. The summed E-state index contributed by atoms with van der Waals surface area (Å²) in [7, 11) is 1.46. The Hall–Kier alpha value is -4.08. The first-order valence-electron chi connectivity index (χ1n) is 11.3. The maximum Gasteiger partial charge on any atom is 0.341 e. The fourth-order valence-electron chi connectivity index (χ4n) is 4.37. The highest BCUT2D eigenvalue weighted by atomic mass is 19.1. The van der Waals surface area contributed by atoms with Crippen molar-refractivity contribution in [1.29, 1.82) is 0 Å². The Kier molecular flexibility index (Phi) is 6.02. The number of aromatic nitrogens is 2. The van der Waals surface area contributed by atoms with Crippen LogP contribution in [0.2, 0.25) is 0 Å². The minimum Gasteiger partial charge on any atom is -0.477 e. The molecular weight excluding hydrogens is 453 g/mol. The molecule has 9 nitrogen and oxygen atoms in total. The van der Waals surface area contributed by atoms with Crippen LogP contribution in [-0.2, 0) is 4.84 Å². The average molecular weight is 477 g/mol. The normalized spacial score (nSPS) is 19.2. The van der Waals surface area contributed by atoms with Gasteiger partial charge in [0, 0.05) is 37.5 Å². The smallest absolute Gasteiger partial charge is 0.341 e. The van der Waals surface area contributed by atoms with Crippen molar-refractivity contribution in [1.82, 2.24) is 9.55 Å². The molecule has 3 heterocycles. The molecule has 1 aromatic carbocycles. The number of fused-ring (bicyclic) bond motifs is 1. The van der Waals surface area contributed by atoms with Crippen LogP contribution in [-0.4, -0.2) is 59.3 Å². The summed E-state index contributed by atoms with van der Waals surface area (Å²) in [6.07, 6.45) is 4.81. The molecule has 10 heteroatoms. The summed E-state index contributed by atoms with van der Waals surface area (Å²) in [5.74, 6) is -2.04. The van der Waals surface area contributed by atoms with Crippen molar-refractivity contribution < 1.29 is 19.1 Å². The number of oxime groups is 1. The molecule has 35 heavy (non-hydrogen) atoms. The Labute approximate surface area is 200 Å². The number of carboxylic acids is 1. The third kappa shape index (κ3) is 4.51. The zero-order chi connectivity index (χ0) is 24.5. The molecule has 1 aliphatic heterocycles. The van der Waals surface area contributed by atoms with Gasteiger partial charge in [-0.25, -0.2) is 14.2 Å². The first-order chi connectivity index (χ1) is 17.0. The molecule has 1 saturated heterocycles. The summed E-state index contributed by atoms with van der Waals surface area (Å²) in [5, 5.41) is 13.5. The van der Waals surface area contributed by atoms with Gasteiger partial charge in [-0.1, -0.05) is 35.5 Å². The Bertz CT molecular complexity index is 1400. The van der Waals surface area contributed by atoms with E-state index >= 15 is 4.39 Å². The number of carboxylic acid groups (broad SMARTS) is 1. The second kappa shape index (κ2) is 9.28. The fourth-order valence-corrected chi connectivity index (χ4v) is 4.37. The summed E-state index contributed by atoms with van der Waals surface area (Å²) < 4.78 is 16.9. The fraction of sp³-hybridized carbons (Fsp3) is 0.320. The summed E-state index contributed by atoms with van der Waals surface area (Å²) in [6, 6.07) is 10.9. The number of benzene rings is 1. The highest BCUT2D eigenvalue weighted by Crippen LogP contribution is 2.37. The van der Waals surface area contributed by atoms with Gasteiger partial charge in [0.15, 0.2) is 11.6 Å². The van der Waals surface area contributed by atoms with Crippen LogP contribution in [0, 0.1) is 11.7 Å². The number of hydrogen-bond donors (Lipinski definition) is 1. The van der Waals surface area contributed by atoms with Crippen molar-refractivity contribution >= 4 is 34.7 Å². The molecule has 3 aromatic rings. The van der Waals surface area contributed by atoms with E-state index in [1.807, 2.05) is 30.3 Å². The predicted molar refractivity (Wildman–Crippen MR) is 130 cm³/mol. The molecule has 0 spiro atoms. The van der Waals surface area contributed by atoms with Crippen molar-refractivity contribution in [2.75, 3.05) is 31.6 Å². The minimum absolute atomic E-state index is 0.0351. The number of nitrogens with zero attached hydrogens (tertiary/aromatic N) is 5. The van der Waals surface area contributed by atoms with Crippen molar-refractivity contribution in [3.05, 3.63) is 69.8 Å². The maximum absolute atomic E-state index is 15.2. The molecule has 1 atom stereocenters. The van der Waals surface area contributed by atoms with Crippen LogP contribution in [0.1, 0.15) is 34.8 Å². The molecule has 180 valence electrons. The molecule has 2 fully saturated rings. The van der Waals surface area contributed by atoms with Crippen molar-refractivity contribution in [2.45, 2.75) is 18.9 Å². The van der Waals surface area contributed by atoms with Crippen LogP contribution in [0.3, 0.4) is 0 Å². The van der Waals surface area contributed by atoms with Crippen LogP contribution < -0.4 is 10.3 Å². The van der Waals surface area contributed by atoms with E-state index in [2.05, 4.69) is 15.1 Å². The summed E-state index contributed by atoms with van der Waals surface area (Å²) >= 11 is 0. The molecule has 1 saturated carbocycles. The number of hydrogen-bond acceptors (Lipinski definition) is 7. The van der Waals surface area contributed by atoms with E-state index in [9.17, 15) is 14.7 Å². The summed E-state index contributed by atoms with van der Waals surface area (Å²) in [5.41, 5.74) is 0.868. The zero-order valence-electron chi connectivity index (χ0n) is 19.1. The molecule has 2 aliphatic rings. The van der Waals surface area contributed by atoms with Gasteiger partial charge in [-0.2, -0.15) is 0 Å². The van der Waals surface area contributed by atoms with Crippen molar-refractivity contribution in [3.63, 3.8) is 0 Å². The highest BCUT2D eigenvalue weighted by Gasteiger charge is 2.33. The quantitative estimate of drug-likeness (QED) is 0.414.